The third-order valence-corrected chi connectivity index (χ3v) is 2.35. The van der Waals surface area contributed by atoms with E-state index in [-0.39, 0.29) is 5.78 Å². The van der Waals surface area contributed by atoms with E-state index in [9.17, 15) is 4.79 Å². The summed E-state index contributed by atoms with van der Waals surface area (Å²) in [6.45, 7) is 3.76. The first kappa shape index (κ1) is 10.8. The van der Waals surface area contributed by atoms with Crippen LogP contribution in [-0.2, 0) is 4.79 Å². The average Bonchev–Trinajstić information content (AvgIpc) is 1.96. The van der Waals surface area contributed by atoms with Gasteiger partial charge < -0.3 is 0 Å². The zero-order valence-electron chi connectivity index (χ0n) is 7.30. The first-order valence-corrected chi connectivity index (χ1v) is 5.17. The monoisotopic (exact) mass is 172 g/mol. The van der Waals surface area contributed by atoms with Gasteiger partial charge in [0.15, 0.2) is 5.78 Å². The topological polar surface area (TPSA) is 17.1 Å². The third-order valence-electron chi connectivity index (χ3n) is 1.13. The van der Waals surface area contributed by atoms with Crippen LogP contribution in [0.3, 0.4) is 0 Å². The lowest BCUT2D eigenvalue weighted by molar-refractivity contribution is -0.112. The van der Waals surface area contributed by atoms with Gasteiger partial charge in [0, 0.05) is 0 Å². The van der Waals surface area contributed by atoms with Crippen molar-refractivity contribution in [2.75, 3.05) is 11.5 Å². The molecule has 11 heavy (non-hydrogen) atoms. The number of ketones is 1. The number of allylic oxidation sites excluding steroid dienone is 2. The van der Waals surface area contributed by atoms with Crippen molar-refractivity contribution in [2.24, 2.45) is 0 Å². The molecule has 0 radical (unpaired) electrons. The zero-order valence-corrected chi connectivity index (χ0v) is 8.12. The van der Waals surface area contributed by atoms with E-state index in [0.717, 1.165) is 12.2 Å². The van der Waals surface area contributed by atoms with E-state index in [1.54, 1.807) is 13.0 Å². The number of hydrogen-bond donors (Lipinski definition) is 0. The Kier molecular flexibility index (Phi) is 7.69. The predicted molar refractivity (Wildman–Crippen MR) is 52.1 cm³/mol. The van der Waals surface area contributed by atoms with Crippen molar-refractivity contribution in [3.8, 4) is 0 Å². The maximum atomic E-state index is 10.4. The molecule has 0 aliphatic heterocycles. The highest BCUT2D eigenvalue weighted by atomic mass is 32.2. The smallest absolute Gasteiger partial charge is 0.152 e. The van der Waals surface area contributed by atoms with Gasteiger partial charge in [0.2, 0.25) is 0 Å². The van der Waals surface area contributed by atoms with Gasteiger partial charge in [-0.05, 0) is 37.3 Å². The number of carbonyl (C=O) groups is 1. The predicted octanol–water partition coefficient (Wildman–Crippen LogP) is 2.66. The summed E-state index contributed by atoms with van der Waals surface area (Å²) in [6.07, 6.45) is 5.85. The number of carbonyl (C=O) groups excluding carboxylic acids is 1. The maximum Gasteiger partial charge on any atom is 0.152 e. The van der Waals surface area contributed by atoms with E-state index in [4.69, 9.17) is 0 Å². The molecule has 0 heterocycles. The van der Waals surface area contributed by atoms with Crippen LogP contribution in [0, 0.1) is 0 Å². The van der Waals surface area contributed by atoms with E-state index < -0.39 is 0 Å². The molecule has 0 aromatic carbocycles. The van der Waals surface area contributed by atoms with Crippen molar-refractivity contribution in [2.45, 2.75) is 26.7 Å². The van der Waals surface area contributed by atoms with E-state index in [0.29, 0.717) is 0 Å². The summed E-state index contributed by atoms with van der Waals surface area (Å²) >= 11 is 1.94. The lowest BCUT2D eigenvalue weighted by Crippen LogP contribution is -1.82. The van der Waals surface area contributed by atoms with E-state index >= 15 is 0 Å². The van der Waals surface area contributed by atoms with Crippen molar-refractivity contribution in [1.82, 2.24) is 0 Å². The molecular formula is C9H16OS. The zero-order chi connectivity index (χ0) is 8.53. The van der Waals surface area contributed by atoms with Crippen molar-refractivity contribution in [3.63, 3.8) is 0 Å². The van der Waals surface area contributed by atoms with Crippen LogP contribution in [0.1, 0.15) is 26.7 Å². The Morgan fingerprint density at radius 2 is 2.18 bits per heavy atom. The minimum Gasteiger partial charge on any atom is -0.295 e. The van der Waals surface area contributed by atoms with Gasteiger partial charge in [0.05, 0.1) is 0 Å². The molecule has 0 saturated heterocycles. The maximum absolute atomic E-state index is 10.4. The van der Waals surface area contributed by atoms with Gasteiger partial charge in [-0.1, -0.05) is 13.0 Å². The summed E-state index contributed by atoms with van der Waals surface area (Å²) in [5.41, 5.74) is 0. The van der Waals surface area contributed by atoms with Gasteiger partial charge >= 0.3 is 0 Å². The SMILES string of the molecule is CCCSCCC=CC(C)=O. The third kappa shape index (κ3) is 9.76. The van der Waals surface area contributed by atoms with Crippen molar-refractivity contribution in [3.05, 3.63) is 12.2 Å². The molecule has 0 spiro atoms. The molecule has 0 saturated carbocycles. The molecule has 0 bridgehead atoms. The molecule has 0 fully saturated rings. The molecule has 0 atom stereocenters. The van der Waals surface area contributed by atoms with Gasteiger partial charge in [-0.3, -0.25) is 4.79 Å². The summed E-state index contributed by atoms with van der Waals surface area (Å²) in [5, 5.41) is 0. The molecule has 0 aromatic rings. The fourth-order valence-corrected chi connectivity index (χ4v) is 1.44. The van der Waals surface area contributed by atoms with Crippen LogP contribution in [0.25, 0.3) is 0 Å². The second-order valence-corrected chi connectivity index (χ2v) is 3.64. The fourth-order valence-electron chi connectivity index (χ4n) is 0.647. The summed E-state index contributed by atoms with van der Waals surface area (Å²) in [6, 6.07) is 0. The van der Waals surface area contributed by atoms with Gasteiger partial charge in [-0.2, -0.15) is 11.8 Å². The second-order valence-electron chi connectivity index (χ2n) is 2.41. The van der Waals surface area contributed by atoms with Gasteiger partial charge in [-0.15, -0.1) is 0 Å². The molecule has 0 N–H and O–H groups in total. The molecule has 0 aliphatic carbocycles. The van der Waals surface area contributed by atoms with Gasteiger partial charge in [0.25, 0.3) is 0 Å². The Labute approximate surface area is 73.3 Å². The fraction of sp³-hybridized carbons (Fsp3) is 0.667. The minimum absolute atomic E-state index is 0.144. The standard InChI is InChI=1S/C9H16OS/c1-3-7-11-8-5-4-6-9(2)10/h4,6H,3,5,7-8H2,1-2H3. The van der Waals surface area contributed by atoms with Crippen LogP contribution in [0.5, 0.6) is 0 Å². The molecule has 0 rings (SSSR count). The van der Waals surface area contributed by atoms with Crippen LogP contribution < -0.4 is 0 Å². The van der Waals surface area contributed by atoms with E-state index in [1.807, 2.05) is 17.8 Å². The molecule has 2 heteroatoms. The highest BCUT2D eigenvalue weighted by Crippen LogP contribution is 2.03. The molecule has 0 amide bonds. The second kappa shape index (κ2) is 7.86. The van der Waals surface area contributed by atoms with Gasteiger partial charge in [-0.25, -0.2) is 0 Å². The Bertz CT molecular complexity index is 130. The first-order chi connectivity index (χ1) is 5.27. The summed E-state index contributed by atoms with van der Waals surface area (Å²) in [4.78, 5) is 10.4. The van der Waals surface area contributed by atoms with Crippen LogP contribution in [0.4, 0.5) is 0 Å². The Hall–Kier alpha value is -0.240. The molecule has 64 valence electrons. The van der Waals surface area contributed by atoms with Crippen molar-refractivity contribution in [1.29, 1.82) is 0 Å². The summed E-state index contributed by atoms with van der Waals surface area (Å²) in [5.74, 6) is 2.51. The summed E-state index contributed by atoms with van der Waals surface area (Å²) in [7, 11) is 0. The van der Waals surface area contributed by atoms with E-state index in [1.165, 1.54) is 12.2 Å². The molecule has 0 unspecified atom stereocenters. The summed E-state index contributed by atoms with van der Waals surface area (Å²) < 4.78 is 0. The molecular weight excluding hydrogens is 156 g/mol. The largest absolute Gasteiger partial charge is 0.295 e. The Balaban J connectivity index is 3.07. The minimum atomic E-state index is 0.144. The van der Waals surface area contributed by atoms with Crippen LogP contribution in [-0.4, -0.2) is 17.3 Å². The van der Waals surface area contributed by atoms with Crippen molar-refractivity contribution >= 4 is 17.5 Å². The Morgan fingerprint density at radius 1 is 1.45 bits per heavy atom. The number of thioether (sulfide) groups is 1. The Morgan fingerprint density at radius 3 is 2.73 bits per heavy atom. The van der Waals surface area contributed by atoms with E-state index in [2.05, 4.69) is 6.92 Å². The number of rotatable bonds is 6. The van der Waals surface area contributed by atoms with Crippen LogP contribution in [0.2, 0.25) is 0 Å². The quantitative estimate of drug-likeness (QED) is 0.452. The molecule has 0 aliphatic rings. The van der Waals surface area contributed by atoms with Crippen LogP contribution in [0.15, 0.2) is 12.2 Å². The molecule has 0 aromatic heterocycles. The first-order valence-electron chi connectivity index (χ1n) is 4.02. The lowest BCUT2D eigenvalue weighted by Gasteiger charge is -1.93. The highest BCUT2D eigenvalue weighted by molar-refractivity contribution is 7.99. The average molecular weight is 172 g/mol. The highest BCUT2D eigenvalue weighted by Gasteiger charge is 1.85. The number of hydrogen-bond acceptors (Lipinski definition) is 2. The normalized spacial score (nSPS) is 10.7. The van der Waals surface area contributed by atoms with Crippen LogP contribution >= 0.6 is 11.8 Å². The van der Waals surface area contributed by atoms with Gasteiger partial charge in [0.1, 0.15) is 0 Å². The lowest BCUT2D eigenvalue weighted by atomic mass is 10.3. The van der Waals surface area contributed by atoms with Crippen molar-refractivity contribution < 1.29 is 4.79 Å². The molecule has 1 nitrogen and oxygen atoms in total.